The summed E-state index contributed by atoms with van der Waals surface area (Å²) in [6.45, 7) is 4.53. The molecule has 0 spiro atoms. The Labute approximate surface area is 113 Å². The number of rotatable bonds is 4. The van der Waals surface area contributed by atoms with Crippen molar-refractivity contribution in [2.45, 2.75) is 37.8 Å². The van der Waals surface area contributed by atoms with Crippen molar-refractivity contribution in [3.8, 4) is 0 Å². The van der Waals surface area contributed by atoms with Crippen LogP contribution in [0.25, 0.3) is 0 Å². The standard InChI is InChI=1S/C15H21NO3/c1-14(13(17)18)9-6-10-16(14)11-15(2,19)12-7-4-3-5-8-12/h3-5,7-8,19H,6,9-11H2,1-2H3,(H,17,18). The van der Waals surface area contributed by atoms with E-state index >= 15 is 0 Å². The van der Waals surface area contributed by atoms with E-state index in [9.17, 15) is 15.0 Å². The first-order valence-electron chi connectivity index (χ1n) is 6.63. The largest absolute Gasteiger partial charge is 0.480 e. The van der Waals surface area contributed by atoms with E-state index in [-0.39, 0.29) is 0 Å². The highest BCUT2D eigenvalue weighted by Crippen LogP contribution is 2.33. The fraction of sp³-hybridized carbons (Fsp3) is 0.533. The number of hydrogen-bond donors (Lipinski definition) is 2. The Balaban J connectivity index is 2.19. The van der Waals surface area contributed by atoms with Crippen LogP contribution in [0.2, 0.25) is 0 Å². The lowest BCUT2D eigenvalue weighted by Gasteiger charge is -2.37. The summed E-state index contributed by atoms with van der Waals surface area (Å²) in [5.41, 5.74) is -1.09. The summed E-state index contributed by atoms with van der Waals surface area (Å²) in [6, 6.07) is 9.40. The molecule has 2 rings (SSSR count). The molecule has 1 aromatic carbocycles. The smallest absolute Gasteiger partial charge is 0.323 e. The first kappa shape index (κ1) is 14.0. The molecule has 0 aliphatic carbocycles. The van der Waals surface area contributed by atoms with Gasteiger partial charge in [0.2, 0.25) is 0 Å². The normalized spacial score (nSPS) is 27.1. The van der Waals surface area contributed by atoms with Crippen LogP contribution >= 0.6 is 0 Å². The Bertz CT molecular complexity index is 458. The summed E-state index contributed by atoms with van der Waals surface area (Å²) in [6.07, 6.45) is 1.49. The van der Waals surface area contributed by atoms with Crippen molar-refractivity contribution in [3.05, 3.63) is 35.9 Å². The molecule has 0 radical (unpaired) electrons. The topological polar surface area (TPSA) is 60.8 Å². The van der Waals surface area contributed by atoms with Gasteiger partial charge in [0.25, 0.3) is 0 Å². The summed E-state index contributed by atoms with van der Waals surface area (Å²) in [4.78, 5) is 13.3. The van der Waals surface area contributed by atoms with E-state index in [4.69, 9.17) is 0 Å². The Morgan fingerprint density at radius 1 is 1.42 bits per heavy atom. The van der Waals surface area contributed by atoms with Crippen LogP contribution in [0, 0.1) is 0 Å². The maximum absolute atomic E-state index is 11.4. The van der Waals surface area contributed by atoms with Crippen molar-refractivity contribution in [1.29, 1.82) is 0 Å². The molecule has 1 fully saturated rings. The molecule has 0 bridgehead atoms. The first-order chi connectivity index (χ1) is 8.86. The number of benzene rings is 1. The van der Waals surface area contributed by atoms with E-state index in [1.807, 2.05) is 35.2 Å². The van der Waals surface area contributed by atoms with Gasteiger partial charge in [-0.3, -0.25) is 9.69 Å². The minimum atomic E-state index is -1.04. The van der Waals surface area contributed by atoms with Gasteiger partial charge >= 0.3 is 5.97 Å². The molecule has 1 saturated heterocycles. The van der Waals surface area contributed by atoms with Crippen LogP contribution in [0.5, 0.6) is 0 Å². The van der Waals surface area contributed by atoms with Crippen LogP contribution in [0.3, 0.4) is 0 Å². The minimum absolute atomic E-state index is 0.333. The summed E-state index contributed by atoms with van der Waals surface area (Å²) < 4.78 is 0. The summed E-state index contributed by atoms with van der Waals surface area (Å²) >= 11 is 0. The molecule has 0 aromatic heterocycles. The summed E-state index contributed by atoms with van der Waals surface area (Å²) in [5.74, 6) is -0.811. The van der Waals surface area contributed by atoms with Gasteiger partial charge in [-0.05, 0) is 38.8 Å². The molecule has 1 aliphatic heterocycles. The maximum Gasteiger partial charge on any atom is 0.323 e. The second kappa shape index (κ2) is 4.94. The molecule has 2 N–H and O–H groups in total. The van der Waals surface area contributed by atoms with Gasteiger partial charge in [-0.1, -0.05) is 30.3 Å². The number of carbonyl (C=O) groups is 1. The van der Waals surface area contributed by atoms with Gasteiger partial charge in [-0.15, -0.1) is 0 Å². The number of hydrogen-bond acceptors (Lipinski definition) is 3. The van der Waals surface area contributed by atoms with Crippen molar-refractivity contribution < 1.29 is 15.0 Å². The average molecular weight is 263 g/mol. The number of β-amino-alcohol motifs (C(OH)–C–C–N with tert-alkyl or cyclic N) is 1. The van der Waals surface area contributed by atoms with E-state index in [2.05, 4.69) is 0 Å². The zero-order chi connectivity index (χ0) is 14.1. The van der Waals surface area contributed by atoms with Crippen molar-refractivity contribution in [2.75, 3.05) is 13.1 Å². The van der Waals surface area contributed by atoms with Crippen molar-refractivity contribution in [2.24, 2.45) is 0 Å². The lowest BCUT2D eigenvalue weighted by Crippen LogP contribution is -2.52. The van der Waals surface area contributed by atoms with Gasteiger partial charge < -0.3 is 10.2 Å². The Hall–Kier alpha value is -1.39. The van der Waals surface area contributed by atoms with Crippen molar-refractivity contribution in [3.63, 3.8) is 0 Å². The van der Waals surface area contributed by atoms with Crippen LogP contribution in [0.1, 0.15) is 32.3 Å². The fourth-order valence-electron chi connectivity index (χ4n) is 2.77. The Morgan fingerprint density at radius 3 is 2.63 bits per heavy atom. The molecule has 104 valence electrons. The van der Waals surface area contributed by atoms with Crippen molar-refractivity contribution >= 4 is 5.97 Å². The SMILES string of the molecule is CC(O)(CN1CCCC1(C)C(=O)O)c1ccccc1. The summed E-state index contributed by atoms with van der Waals surface area (Å²) in [5, 5.41) is 20.0. The molecule has 4 heteroatoms. The molecule has 1 aliphatic rings. The molecular weight excluding hydrogens is 242 g/mol. The van der Waals surface area contributed by atoms with Gasteiger partial charge in [0.05, 0.1) is 5.60 Å². The van der Waals surface area contributed by atoms with Gasteiger partial charge in [0, 0.05) is 6.54 Å². The molecule has 1 heterocycles. The summed E-state index contributed by atoms with van der Waals surface area (Å²) in [7, 11) is 0. The number of aliphatic hydroxyl groups is 1. The van der Waals surface area contributed by atoms with Crippen LogP contribution in [-0.2, 0) is 10.4 Å². The predicted octanol–water partition coefficient (Wildman–Crippen LogP) is 1.83. The van der Waals surface area contributed by atoms with E-state index in [1.54, 1.807) is 13.8 Å². The van der Waals surface area contributed by atoms with Gasteiger partial charge in [0.1, 0.15) is 5.54 Å². The highest BCUT2D eigenvalue weighted by Gasteiger charge is 2.45. The predicted molar refractivity (Wildman–Crippen MR) is 72.9 cm³/mol. The third kappa shape index (κ3) is 2.65. The monoisotopic (exact) mass is 263 g/mol. The number of nitrogens with zero attached hydrogens (tertiary/aromatic N) is 1. The molecule has 1 aromatic rings. The quantitative estimate of drug-likeness (QED) is 0.870. The molecule has 0 amide bonds. The van der Waals surface area contributed by atoms with Crippen LogP contribution in [-0.4, -0.2) is 39.7 Å². The van der Waals surface area contributed by atoms with Crippen LogP contribution < -0.4 is 0 Å². The maximum atomic E-state index is 11.4. The molecule has 2 atom stereocenters. The van der Waals surface area contributed by atoms with Crippen LogP contribution in [0.15, 0.2) is 30.3 Å². The van der Waals surface area contributed by atoms with E-state index in [1.165, 1.54) is 0 Å². The van der Waals surface area contributed by atoms with E-state index in [0.717, 1.165) is 12.0 Å². The third-order valence-electron chi connectivity index (χ3n) is 4.14. The number of aliphatic carboxylic acids is 1. The van der Waals surface area contributed by atoms with Gasteiger partial charge in [0.15, 0.2) is 0 Å². The Morgan fingerprint density at radius 2 is 2.05 bits per heavy atom. The zero-order valence-corrected chi connectivity index (χ0v) is 11.5. The Kier molecular flexibility index (Phi) is 3.65. The zero-order valence-electron chi connectivity index (χ0n) is 11.5. The lowest BCUT2D eigenvalue weighted by molar-refractivity contribution is -0.150. The molecule has 2 unspecified atom stereocenters. The van der Waals surface area contributed by atoms with E-state index in [0.29, 0.717) is 19.5 Å². The fourth-order valence-corrected chi connectivity index (χ4v) is 2.77. The van der Waals surface area contributed by atoms with Gasteiger partial charge in [-0.25, -0.2) is 0 Å². The van der Waals surface area contributed by atoms with Crippen molar-refractivity contribution in [1.82, 2.24) is 4.90 Å². The lowest BCUT2D eigenvalue weighted by atomic mass is 9.92. The van der Waals surface area contributed by atoms with Crippen LogP contribution in [0.4, 0.5) is 0 Å². The highest BCUT2D eigenvalue weighted by atomic mass is 16.4. The third-order valence-corrected chi connectivity index (χ3v) is 4.14. The number of carboxylic acids is 1. The second-order valence-corrected chi connectivity index (χ2v) is 5.74. The van der Waals surface area contributed by atoms with E-state index < -0.39 is 17.1 Å². The first-order valence-corrected chi connectivity index (χ1v) is 6.63. The number of likely N-dealkylation sites (tertiary alicyclic amines) is 1. The molecule has 0 saturated carbocycles. The highest BCUT2D eigenvalue weighted by molar-refractivity contribution is 5.78. The molecule has 19 heavy (non-hydrogen) atoms. The second-order valence-electron chi connectivity index (χ2n) is 5.74. The molecular formula is C15H21NO3. The molecule has 4 nitrogen and oxygen atoms in total. The van der Waals surface area contributed by atoms with Gasteiger partial charge in [-0.2, -0.15) is 0 Å². The minimum Gasteiger partial charge on any atom is -0.480 e. The number of carboxylic acid groups (broad SMARTS) is 1. The average Bonchev–Trinajstić information content (AvgIpc) is 2.73.